The number of hydrogen-bond acceptors (Lipinski definition) is 2. The molecule has 0 saturated heterocycles. The maximum Gasteiger partial charge on any atom is 0.256 e. The summed E-state index contributed by atoms with van der Waals surface area (Å²) >= 11 is 2.16. The number of benzene rings is 3. The molecule has 0 aromatic heterocycles. The topological polar surface area (TPSA) is 49.4 Å². The molecule has 0 unspecified atom stereocenters. The molecule has 140 valence electrons. The number of hydrogen-bond donors (Lipinski definition) is 1. The predicted octanol–water partition coefficient (Wildman–Crippen LogP) is 4.74. The molecule has 1 aliphatic heterocycles. The summed E-state index contributed by atoms with van der Waals surface area (Å²) in [5, 5.41) is 2.98. The van der Waals surface area contributed by atoms with Gasteiger partial charge in [0, 0.05) is 27.9 Å². The smallest absolute Gasteiger partial charge is 0.256 e. The van der Waals surface area contributed by atoms with Crippen LogP contribution in [0.2, 0.25) is 0 Å². The molecule has 1 heterocycles. The van der Waals surface area contributed by atoms with Crippen molar-refractivity contribution in [1.29, 1.82) is 0 Å². The summed E-state index contributed by atoms with van der Waals surface area (Å²) in [7, 11) is 0. The lowest BCUT2D eigenvalue weighted by atomic mass is 9.98. The predicted molar refractivity (Wildman–Crippen MR) is 118 cm³/mol. The summed E-state index contributed by atoms with van der Waals surface area (Å²) in [6.45, 7) is 1.25. The van der Waals surface area contributed by atoms with Crippen molar-refractivity contribution in [1.82, 2.24) is 4.90 Å². The average molecular weight is 482 g/mol. The molecule has 4 nitrogen and oxygen atoms in total. The highest BCUT2D eigenvalue weighted by Gasteiger charge is 2.22. The summed E-state index contributed by atoms with van der Waals surface area (Å²) in [6, 6.07) is 22.8. The Morgan fingerprint density at radius 1 is 0.893 bits per heavy atom. The van der Waals surface area contributed by atoms with Crippen LogP contribution in [0.15, 0.2) is 72.8 Å². The second-order valence-corrected chi connectivity index (χ2v) is 7.92. The van der Waals surface area contributed by atoms with E-state index in [9.17, 15) is 9.59 Å². The largest absolute Gasteiger partial charge is 0.334 e. The molecule has 4 rings (SSSR count). The SMILES string of the molecule is O=C(Nc1ccc2c(c1)CN(C(=O)c1ccccc1)CC2)c1ccccc1I. The van der Waals surface area contributed by atoms with Crippen molar-refractivity contribution in [3.8, 4) is 0 Å². The molecule has 2 amide bonds. The summed E-state index contributed by atoms with van der Waals surface area (Å²) < 4.78 is 0.912. The number of amides is 2. The van der Waals surface area contributed by atoms with E-state index in [4.69, 9.17) is 0 Å². The van der Waals surface area contributed by atoms with Crippen LogP contribution in [-0.4, -0.2) is 23.3 Å². The maximum atomic E-state index is 12.8. The average Bonchev–Trinajstić information content (AvgIpc) is 2.73. The maximum absolute atomic E-state index is 12.8. The van der Waals surface area contributed by atoms with E-state index in [1.807, 2.05) is 77.7 Å². The highest BCUT2D eigenvalue weighted by atomic mass is 127. The van der Waals surface area contributed by atoms with Gasteiger partial charge in [-0.3, -0.25) is 9.59 Å². The lowest BCUT2D eigenvalue weighted by molar-refractivity contribution is 0.0734. The lowest BCUT2D eigenvalue weighted by Gasteiger charge is -2.29. The van der Waals surface area contributed by atoms with Crippen LogP contribution in [0, 0.1) is 3.57 Å². The van der Waals surface area contributed by atoms with E-state index in [-0.39, 0.29) is 11.8 Å². The van der Waals surface area contributed by atoms with Gasteiger partial charge in [0.1, 0.15) is 0 Å². The Labute approximate surface area is 177 Å². The number of carbonyl (C=O) groups excluding carboxylic acids is 2. The number of nitrogens with one attached hydrogen (secondary N) is 1. The summed E-state index contributed by atoms with van der Waals surface area (Å²) in [5.41, 5.74) is 4.41. The molecule has 0 fully saturated rings. The van der Waals surface area contributed by atoms with Crippen molar-refractivity contribution in [2.45, 2.75) is 13.0 Å². The van der Waals surface area contributed by atoms with Crippen LogP contribution < -0.4 is 5.32 Å². The first-order valence-electron chi connectivity index (χ1n) is 9.14. The number of carbonyl (C=O) groups is 2. The fourth-order valence-electron chi connectivity index (χ4n) is 3.42. The Balaban J connectivity index is 1.52. The number of anilines is 1. The second kappa shape index (κ2) is 8.14. The number of fused-ring (bicyclic) bond motifs is 1. The van der Waals surface area contributed by atoms with E-state index in [0.717, 1.165) is 21.2 Å². The van der Waals surface area contributed by atoms with Crippen LogP contribution in [0.3, 0.4) is 0 Å². The van der Waals surface area contributed by atoms with Gasteiger partial charge in [0.05, 0.1) is 5.56 Å². The standard InChI is InChI=1S/C23H19IN2O2/c24-21-9-5-4-8-20(21)22(27)25-19-11-10-16-12-13-26(15-18(16)14-19)23(28)17-6-2-1-3-7-17/h1-11,14H,12-13,15H2,(H,25,27). The van der Waals surface area contributed by atoms with Gasteiger partial charge < -0.3 is 10.2 Å². The molecular weight excluding hydrogens is 463 g/mol. The fraction of sp³-hybridized carbons (Fsp3) is 0.130. The molecule has 0 spiro atoms. The molecular formula is C23H19IN2O2. The minimum Gasteiger partial charge on any atom is -0.334 e. The summed E-state index contributed by atoms with van der Waals surface area (Å²) in [6.07, 6.45) is 0.818. The van der Waals surface area contributed by atoms with E-state index in [1.54, 1.807) is 0 Å². The van der Waals surface area contributed by atoms with E-state index >= 15 is 0 Å². The van der Waals surface area contributed by atoms with Crippen molar-refractivity contribution < 1.29 is 9.59 Å². The lowest BCUT2D eigenvalue weighted by Crippen LogP contribution is -2.36. The Morgan fingerprint density at radius 3 is 2.43 bits per heavy atom. The van der Waals surface area contributed by atoms with Gasteiger partial charge >= 0.3 is 0 Å². The van der Waals surface area contributed by atoms with Gasteiger partial charge in [0.2, 0.25) is 0 Å². The number of halogens is 1. The van der Waals surface area contributed by atoms with Crippen LogP contribution in [0.1, 0.15) is 31.8 Å². The minimum absolute atomic E-state index is 0.0412. The molecule has 5 heteroatoms. The third-order valence-electron chi connectivity index (χ3n) is 4.90. The van der Waals surface area contributed by atoms with Gasteiger partial charge in [-0.1, -0.05) is 36.4 Å². The zero-order chi connectivity index (χ0) is 19.5. The van der Waals surface area contributed by atoms with Crippen LogP contribution in [-0.2, 0) is 13.0 Å². The molecule has 3 aromatic rings. The summed E-state index contributed by atoms with van der Waals surface area (Å²) in [4.78, 5) is 27.2. The van der Waals surface area contributed by atoms with Gasteiger partial charge in [0.25, 0.3) is 11.8 Å². The molecule has 0 aliphatic carbocycles. The van der Waals surface area contributed by atoms with Gasteiger partial charge in [0.15, 0.2) is 0 Å². The molecule has 0 radical (unpaired) electrons. The Kier molecular flexibility index (Phi) is 5.43. The van der Waals surface area contributed by atoms with E-state index in [2.05, 4.69) is 27.9 Å². The third kappa shape index (κ3) is 3.94. The second-order valence-electron chi connectivity index (χ2n) is 6.76. The van der Waals surface area contributed by atoms with E-state index in [1.165, 1.54) is 5.56 Å². The highest BCUT2D eigenvalue weighted by Crippen LogP contribution is 2.24. The first-order valence-corrected chi connectivity index (χ1v) is 10.2. The Morgan fingerprint density at radius 2 is 1.64 bits per heavy atom. The first-order chi connectivity index (χ1) is 13.6. The van der Waals surface area contributed by atoms with E-state index < -0.39 is 0 Å². The highest BCUT2D eigenvalue weighted by molar-refractivity contribution is 14.1. The molecule has 0 bridgehead atoms. The van der Waals surface area contributed by atoms with Gasteiger partial charge in [-0.2, -0.15) is 0 Å². The summed E-state index contributed by atoms with van der Waals surface area (Å²) in [5.74, 6) is -0.0856. The quantitative estimate of drug-likeness (QED) is 0.549. The fourth-order valence-corrected chi connectivity index (χ4v) is 4.05. The van der Waals surface area contributed by atoms with Crippen molar-refractivity contribution >= 4 is 40.1 Å². The first kappa shape index (κ1) is 18.7. The zero-order valence-corrected chi connectivity index (χ0v) is 17.3. The van der Waals surface area contributed by atoms with Gasteiger partial charge in [-0.15, -0.1) is 0 Å². The molecule has 1 N–H and O–H groups in total. The van der Waals surface area contributed by atoms with Gasteiger partial charge in [-0.05, 0) is 76.5 Å². The molecule has 28 heavy (non-hydrogen) atoms. The Hall–Kier alpha value is -2.67. The van der Waals surface area contributed by atoms with Gasteiger partial charge in [-0.25, -0.2) is 0 Å². The molecule has 0 saturated carbocycles. The number of rotatable bonds is 3. The van der Waals surface area contributed by atoms with Crippen LogP contribution in [0.5, 0.6) is 0 Å². The van der Waals surface area contributed by atoms with Crippen molar-refractivity contribution in [2.24, 2.45) is 0 Å². The zero-order valence-electron chi connectivity index (χ0n) is 15.2. The van der Waals surface area contributed by atoms with Crippen LogP contribution in [0.25, 0.3) is 0 Å². The Bertz CT molecular complexity index is 1030. The molecule has 0 atom stereocenters. The third-order valence-corrected chi connectivity index (χ3v) is 5.84. The van der Waals surface area contributed by atoms with Crippen LogP contribution >= 0.6 is 22.6 Å². The number of nitrogens with zero attached hydrogens (tertiary/aromatic N) is 1. The molecule has 3 aromatic carbocycles. The van der Waals surface area contributed by atoms with Crippen molar-refractivity contribution in [3.05, 3.63) is 98.6 Å². The van der Waals surface area contributed by atoms with E-state index in [0.29, 0.717) is 24.2 Å². The van der Waals surface area contributed by atoms with Crippen molar-refractivity contribution in [3.63, 3.8) is 0 Å². The van der Waals surface area contributed by atoms with Crippen molar-refractivity contribution in [2.75, 3.05) is 11.9 Å². The normalized spacial score (nSPS) is 13.0. The minimum atomic E-state index is -0.127. The monoisotopic (exact) mass is 482 g/mol. The van der Waals surface area contributed by atoms with Crippen LogP contribution in [0.4, 0.5) is 5.69 Å². The molecule has 1 aliphatic rings.